The van der Waals surface area contributed by atoms with Crippen molar-refractivity contribution in [2.45, 2.75) is 51.6 Å². The lowest BCUT2D eigenvalue weighted by Gasteiger charge is -2.35. The molecule has 0 nitrogen and oxygen atoms in total. The second kappa shape index (κ2) is 11.8. The van der Waals surface area contributed by atoms with E-state index in [9.17, 15) is 0 Å². The largest absolute Gasteiger partial charge is 0.121 e. The Labute approximate surface area is 224 Å². The molecule has 0 saturated carbocycles. The lowest BCUT2D eigenvalue weighted by Crippen LogP contribution is -2.37. The highest BCUT2D eigenvalue weighted by Crippen LogP contribution is 2.59. The van der Waals surface area contributed by atoms with Crippen LogP contribution < -0.4 is 0 Å². The van der Waals surface area contributed by atoms with Gasteiger partial charge in [-0.2, -0.15) is 0 Å². The summed E-state index contributed by atoms with van der Waals surface area (Å²) in [6.45, 7) is 4.70. The third-order valence-electron chi connectivity index (χ3n) is 7.87. The van der Waals surface area contributed by atoms with Crippen LogP contribution >= 0.6 is 0 Å². The van der Waals surface area contributed by atoms with Gasteiger partial charge in [0, 0.05) is 0 Å². The minimum Gasteiger partial charge on any atom is -0.0654 e. The maximum atomic E-state index is 2.37. The number of hydrogen-bond donors (Lipinski definition) is 0. The minimum atomic E-state index is -2.15. The van der Waals surface area contributed by atoms with E-state index in [1.54, 1.807) is 10.4 Å². The summed E-state index contributed by atoms with van der Waals surface area (Å²) in [5, 5.41) is 3.30. The van der Waals surface area contributed by atoms with Crippen LogP contribution in [0.3, 0.4) is 0 Å². The van der Waals surface area contributed by atoms with E-state index in [1.807, 2.05) is 0 Å². The molecule has 0 fully saturated rings. The molecule has 5 rings (SSSR count). The molecular formula is C36H38Si. The van der Waals surface area contributed by atoms with Gasteiger partial charge in [-0.05, 0) is 55.9 Å². The predicted octanol–water partition coefficient (Wildman–Crippen LogP) is 10.3. The lowest BCUT2D eigenvalue weighted by molar-refractivity contribution is 0.839. The van der Waals surface area contributed by atoms with Crippen LogP contribution in [0.4, 0.5) is 0 Å². The van der Waals surface area contributed by atoms with E-state index in [2.05, 4.69) is 135 Å². The molecule has 0 radical (unpaired) electrons. The number of rotatable bonds is 10. The molecule has 4 aromatic rings. The van der Waals surface area contributed by atoms with Crippen molar-refractivity contribution in [3.63, 3.8) is 0 Å². The van der Waals surface area contributed by atoms with Gasteiger partial charge in [0.2, 0.25) is 0 Å². The summed E-state index contributed by atoms with van der Waals surface area (Å²) in [6.07, 6.45) is 5.00. The first-order valence-electron chi connectivity index (χ1n) is 14.0. The summed E-state index contributed by atoms with van der Waals surface area (Å²) in [6, 6.07) is 47.7. The lowest BCUT2D eigenvalue weighted by atomic mass is 9.89. The molecule has 1 heteroatoms. The first-order valence-corrected chi connectivity index (χ1v) is 16.4. The van der Waals surface area contributed by atoms with Crippen LogP contribution in [0.1, 0.15) is 61.8 Å². The van der Waals surface area contributed by atoms with E-state index in [-0.39, 0.29) is 0 Å². The van der Waals surface area contributed by atoms with Crippen LogP contribution in [0.2, 0.25) is 12.1 Å². The molecular weight excluding hydrogens is 460 g/mol. The zero-order valence-electron chi connectivity index (χ0n) is 22.3. The van der Waals surface area contributed by atoms with Crippen molar-refractivity contribution in [3.05, 3.63) is 144 Å². The Kier molecular flexibility index (Phi) is 8.01. The van der Waals surface area contributed by atoms with Crippen LogP contribution in [0.25, 0.3) is 21.5 Å². The summed E-state index contributed by atoms with van der Waals surface area (Å²) in [5.41, 5.74) is 8.46. The van der Waals surface area contributed by atoms with E-state index >= 15 is 0 Å². The molecule has 0 spiro atoms. The maximum absolute atomic E-state index is 2.37. The highest BCUT2D eigenvalue weighted by atomic mass is 28.3. The van der Waals surface area contributed by atoms with E-state index in [1.165, 1.54) is 71.2 Å². The Morgan fingerprint density at radius 2 is 0.703 bits per heavy atom. The van der Waals surface area contributed by atoms with Crippen molar-refractivity contribution in [1.29, 1.82) is 0 Å². The number of unbranched alkanes of at least 4 members (excludes halogenated alkanes) is 2. The second-order valence-electron chi connectivity index (χ2n) is 10.3. The zero-order chi connectivity index (χ0) is 25.5. The highest BCUT2D eigenvalue weighted by molar-refractivity contribution is 7.14. The fourth-order valence-corrected chi connectivity index (χ4v) is 12.6. The van der Waals surface area contributed by atoms with Crippen molar-refractivity contribution in [2.24, 2.45) is 0 Å². The van der Waals surface area contributed by atoms with Crippen molar-refractivity contribution in [3.8, 4) is 0 Å². The molecule has 1 aliphatic heterocycles. The fourth-order valence-electron chi connectivity index (χ4n) is 6.27. The van der Waals surface area contributed by atoms with Gasteiger partial charge in [0.25, 0.3) is 0 Å². The topological polar surface area (TPSA) is 0 Å². The monoisotopic (exact) mass is 498 g/mol. The third-order valence-corrected chi connectivity index (χ3v) is 13.3. The summed E-state index contributed by atoms with van der Waals surface area (Å²) < 4.78 is 0. The average molecular weight is 499 g/mol. The normalized spacial score (nSPS) is 14.9. The van der Waals surface area contributed by atoms with Gasteiger partial charge in [-0.15, -0.1) is 0 Å². The molecule has 0 N–H and O–H groups in total. The van der Waals surface area contributed by atoms with Gasteiger partial charge >= 0.3 is 0 Å². The summed E-state index contributed by atoms with van der Waals surface area (Å²) >= 11 is 0. The van der Waals surface area contributed by atoms with Crippen molar-refractivity contribution in [1.82, 2.24) is 0 Å². The molecule has 186 valence electrons. The standard InChI is InChI=1S/C36H38Si/c1-3-5-27-37(28-6-4-2)35(31-23-15-9-16-24-31)33(29-19-11-7-12-20-29)34(30-21-13-8-14-22-30)36(37)32-25-17-10-18-26-32/h7-26H,3-6,27-28H2,1-2H3. The Hall–Kier alpha value is -3.42. The Morgan fingerprint density at radius 3 is 1.00 bits per heavy atom. The molecule has 0 aromatic heterocycles. The molecule has 0 amide bonds. The maximum Gasteiger partial charge on any atom is 0.121 e. The van der Waals surface area contributed by atoms with Crippen molar-refractivity contribution >= 4 is 29.6 Å². The van der Waals surface area contributed by atoms with E-state index in [0.29, 0.717) is 0 Å². The van der Waals surface area contributed by atoms with Gasteiger partial charge in [0.15, 0.2) is 0 Å². The molecule has 0 unspecified atom stereocenters. The van der Waals surface area contributed by atoms with Gasteiger partial charge < -0.3 is 0 Å². The molecule has 0 saturated heterocycles. The molecule has 1 aliphatic rings. The van der Waals surface area contributed by atoms with E-state index < -0.39 is 8.07 Å². The minimum absolute atomic E-state index is 1.23. The average Bonchev–Trinajstić information content (AvgIpc) is 3.28. The van der Waals surface area contributed by atoms with E-state index in [4.69, 9.17) is 0 Å². The smallest absolute Gasteiger partial charge is 0.0654 e. The SMILES string of the molecule is CCCC[Si]1(CCCC)C(c2ccccc2)=C(c2ccccc2)C(c2ccccc2)=C1c1ccccc1. The number of hydrogen-bond acceptors (Lipinski definition) is 0. The van der Waals surface area contributed by atoms with Crippen LogP contribution in [0.5, 0.6) is 0 Å². The van der Waals surface area contributed by atoms with Gasteiger partial charge in [-0.25, -0.2) is 0 Å². The Morgan fingerprint density at radius 1 is 0.405 bits per heavy atom. The molecule has 37 heavy (non-hydrogen) atoms. The summed E-state index contributed by atoms with van der Waals surface area (Å²) in [4.78, 5) is 0. The molecule has 0 aliphatic carbocycles. The molecule has 0 bridgehead atoms. The molecule has 4 aromatic carbocycles. The zero-order valence-corrected chi connectivity index (χ0v) is 23.3. The van der Waals surface area contributed by atoms with Gasteiger partial charge in [-0.3, -0.25) is 0 Å². The quantitative estimate of drug-likeness (QED) is 0.191. The van der Waals surface area contributed by atoms with Crippen LogP contribution in [0.15, 0.2) is 121 Å². The molecule has 0 atom stereocenters. The first kappa shape index (κ1) is 25.2. The van der Waals surface area contributed by atoms with Crippen LogP contribution in [-0.2, 0) is 0 Å². The predicted molar refractivity (Wildman–Crippen MR) is 165 cm³/mol. The number of allylic oxidation sites excluding steroid dienone is 2. The summed E-state index contributed by atoms with van der Waals surface area (Å²) in [5.74, 6) is 0. The summed E-state index contributed by atoms with van der Waals surface area (Å²) in [7, 11) is -2.15. The first-order chi connectivity index (χ1) is 18.3. The Bertz CT molecular complexity index is 1240. The van der Waals surface area contributed by atoms with Crippen LogP contribution in [-0.4, -0.2) is 8.07 Å². The van der Waals surface area contributed by atoms with Gasteiger partial charge in [-0.1, -0.05) is 161 Å². The van der Waals surface area contributed by atoms with Crippen LogP contribution in [0, 0.1) is 0 Å². The number of benzene rings is 4. The van der Waals surface area contributed by atoms with E-state index in [0.717, 1.165) is 0 Å². The molecule has 1 heterocycles. The Balaban J connectivity index is 1.96. The highest BCUT2D eigenvalue weighted by Gasteiger charge is 2.49. The van der Waals surface area contributed by atoms with Crippen molar-refractivity contribution < 1.29 is 0 Å². The van der Waals surface area contributed by atoms with Crippen molar-refractivity contribution in [2.75, 3.05) is 0 Å². The third kappa shape index (κ3) is 4.93. The second-order valence-corrected chi connectivity index (χ2v) is 14.4. The van der Waals surface area contributed by atoms with Gasteiger partial charge in [0.05, 0.1) is 0 Å². The fraction of sp³-hybridized carbons (Fsp3) is 0.222. The van der Waals surface area contributed by atoms with Gasteiger partial charge in [0.1, 0.15) is 8.07 Å².